The number of rotatable bonds is 26. The van der Waals surface area contributed by atoms with Gasteiger partial charge in [0.25, 0.3) is 0 Å². The molecule has 6 unspecified atom stereocenters. The number of carbonyl (C=O) groups excluding carboxylic acids is 4. The predicted octanol–water partition coefficient (Wildman–Crippen LogP) is -1.84. The smallest absolute Gasteiger partial charge is 0.544 e. The van der Waals surface area contributed by atoms with Crippen molar-refractivity contribution in [1.29, 1.82) is 0 Å². The van der Waals surface area contributed by atoms with Gasteiger partial charge < -0.3 is 59.8 Å². The molecule has 0 saturated heterocycles. The maximum absolute atomic E-state index is 11.8. The summed E-state index contributed by atoms with van der Waals surface area (Å²) in [4.78, 5) is 69.1. The summed E-state index contributed by atoms with van der Waals surface area (Å²) in [5, 5.41) is 65.3. The number of aliphatic carboxylic acids is 4. The van der Waals surface area contributed by atoms with Gasteiger partial charge in [0.05, 0.1) is 51.3 Å². The van der Waals surface area contributed by atoms with Crippen LogP contribution in [0.3, 0.4) is 0 Å². The molecule has 6 atom stereocenters. The molecule has 0 aromatic carbocycles. The minimum Gasteiger partial charge on any atom is -0.544 e. The fourth-order valence-corrected chi connectivity index (χ4v) is 5.59. The first-order chi connectivity index (χ1) is 23.4. The van der Waals surface area contributed by atoms with E-state index in [9.17, 15) is 59.4 Å². The third kappa shape index (κ3) is 19.2. The molecule has 6 N–H and O–H groups in total. The Labute approximate surface area is 331 Å². The van der Waals surface area contributed by atoms with Crippen LogP contribution in [0.5, 0.6) is 0 Å². The molecule has 51 heavy (non-hydrogen) atoms. The van der Waals surface area contributed by atoms with Gasteiger partial charge in [-0.1, -0.05) is 51.7 Å². The van der Waals surface area contributed by atoms with Gasteiger partial charge in [-0.3, -0.25) is 9.59 Å². The third-order valence-corrected chi connectivity index (χ3v) is 9.16. The molecule has 0 spiro atoms. The maximum atomic E-state index is 11.8. The molecule has 0 aliphatic rings. The van der Waals surface area contributed by atoms with E-state index in [0.29, 0.717) is 0 Å². The average molecular weight is 757 g/mol. The van der Waals surface area contributed by atoms with E-state index in [1.54, 1.807) is 12.2 Å². The average Bonchev–Trinajstić information content (AvgIpc) is 3.06. The van der Waals surface area contributed by atoms with Crippen molar-refractivity contribution in [3.8, 4) is 0 Å². The summed E-state index contributed by atoms with van der Waals surface area (Å²) in [6.45, 7) is 9.01. The van der Waals surface area contributed by atoms with Crippen molar-refractivity contribution in [3.63, 3.8) is 0 Å². The van der Waals surface area contributed by atoms with Gasteiger partial charge in [0.15, 0.2) is 12.1 Å². The number of carboxylic acid groups (broad SMARTS) is 4. The molecule has 0 aromatic rings. The van der Waals surface area contributed by atoms with Gasteiger partial charge in [-0.25, -0.2) is 9.59 Å². The fourth-order valence-electron chi connectivity index (χ4n) is 5.59. The van der Waals surface area contributed by atoms with Crippen LogP contribution in [0, 0.1) is 0 Å². The predicted molar refractivity (Wildman–Crippen MR) is 186 cm³/mol. The normalized spacial score (nSPS) is 15.8. The molecule has 288 valence electrons. The summed E-state index contributed by atoms with van der Waals surface area (Å²) >= 11 is 0. The number of carbonyl (C=O) groups is 6. The van der Waals surface area contributed by atoms with Gasteiger partial charge in [0.2, 0.25) is 11.8 Å². The number of hydrogen-bond donors (Lipinski definition) is 6. The Hall–Kier alpha value is -2.60. The molecule has 0 fully saturated rings. The van der Waals surface area contributed by atoms with Crippen LogP contribution < -0.4 is 20.8 Å². The zero-order valence-electron chi connectivity index (χ0n) is 31.2. The number of nitrogens with zero attached hydrogens (tertiary/aromatic N) is 2. The Kier molecular flexibility index (Phi) is 29.9. The Morgan fingerprint density at radius 1 is 0.608 bits per heavy atom. The Morgan fingerprint density at radius 3 is 1.16 bits per heavy atom. The van der Waals surface area contributed by atoms with Crippen LogP contribution in [0.25, 0.3) is 0 Å². The van der Waals surface area contributed by atoms with Crippen molar-refractivity contribution in [3.05, 3.63) is 24.3 Å². The molecular weight excluding hydrogens is 696 g/mol. The summed E-state index contributed by atoms with van der Waals surface area (Å²) in [6, 6.07) is -4.43. The summed E-state index contributed by atoms with van der Waals surface area (Å²) in [5.74, 6) is -5.77. The van der Waals surface area contributed by atoms with Crippen molar-refractivity contribution in [2.24, 2.45) is 0 Å². The minimum atomic E-state index is -1.40. The van der Waals surface area contributed by atoms with Crippen LogP contribution in [0.2, 0.25) is 0 Å². The molecule has 0 rings (SSSR count). The van der Waals surface area contributed by atoms with Gasteiger partial charge in [-0.05, 0) is 52.7 Å². The van der Waals surface area contributed by atoms with Crippen molar-refractivity contribution >= 4 is 73.4 Å². The van der Waals surface area contributed by atoms with Crippen molar-refractivity contribution in [1.82, 2.24) is 10.6 Å². The third-order valence-electron chi connectivity index (χ3n) is 9.16. The molecule has 0 bridgehead atoms. The van der Waals surface area contributed by atoms with Crippen LogP contribution in [-0.4, -0.2) is 179 Å². The number of nitrogens with one attached hydrogen (secondary N) is 2. The molecule has 2 amide bonds. The number of amides is 2. The fraction of sp³-hybridized carbons (Fsp3) is 0.706. The largest absolute Gasteiger partial charge is 2.00 e. The van der Waals surface area contributed by atoms with Gasteiger partial charge in [0, 0.05) is 0 Å². The molecule has 17 heteroatoms. The number of aliphatic hydroxyl groups is 2. The second kappa shape index (κ2) is 28.9. The summed E-state index contributed by atoms with van der Waals surface area (Å²) < 4.78 is -0.817. The number of carboxylic acids is 4. The first kappa shape index (κ1) is 52.8. The molecule has 0 heterocycles. The van der Waals surface area contributed by atoms with Gasteiger partial charge in [-0.2, -0.15) is 0 Å². The van der Waals surface area contributed by atoms with Crippen molar-refractivity contribution in [2.45, 2.75) is 104 Å². The number of quaternary nitrogens is 2. The Bertz CT molecular complexity index is 1010. The molecular formula is C34H60CaN4O12+2. The molecule has 0 aromatic heterocycles. The van der Waals surface area contributed by atoms with E-state index in [0.717, 1.165) is 38.5 Å². The zero-order chi connectivity index (χ0) is 38.9. The first-order valence-electron chi connectivity index (χ1n) is 17.2. The van der Waals surface area contributed by atoms with Crippen molar-refractivity contribution in [2.75, 3.05) is 52.5 Å². The quantitative estimate of drug-likeness (QED) is 0.0247. The monoisotopic (exact) mass is 756 g/mol. The topological polar surface area (TPSA) is 254 Å². The van der Waals surface area contributed by atoms with Crippen LogP contribution in [0.4, 0.5) is 0 Å². The van der Waals surface area contributed by atoms with E-state index in [-0.39, 0.29) is 102 Å². The van der Waals surface area contributed by atoms with Crippen LogP contribution in [0.1, 0.15) is 80.1 Å². The number of aliphatic hydroxyl groups excluding tert-OH is 2. The summed E-state index contributed by atoms with van der Waals surface area (Å²) in [7, 11) is 0. The van der Waals surface area contributed by atoms with Crippen LogP contribution in [-0.2, 0) is 28.8 Å². The molecule has 0 aliphatic heterocycles. The standard InChI is InChI=1S/2C17H30N2O6.Ca/c2*1-4-5-6-7-8-15(21)18-9-10-19(11-12-20,13(2)16(22)23)14(3)17(24)25;/h2*7-8,13-14,20H,4-6,9-12H2,1-3H3,(H2-,18,21,22,23,24,25);/q;;+2/b2*8-7+;. The molecule has 0 aliphatic carbocycles. The molecule has 16 nitrogen and oxygen atoms in total. The van der Waals surface area contributed by atoms with E-state index in [4.69, 9.17) is 0 Å². The molecule has 0 saturated carbocycles. The zero-order valence-corrected chi connectivity index (χ0v) is 33.4. The van der Waals surface area contributed by atoms with E-state index >= 15 is 0 Å². The maximum Gasteiger partial charge on any atom is 2.00 e. The van der Waals surface area contributed by atoms with E-state index < -0.39 is 57.0 Å². The Morgan fingerprint density at radius 2 is 0.922 bits per heavy atom. The second-order valence-electron chi connectivity index (χ2n) is 12.2. The first-order valence-corrected chi connectivity index (χ1v) is 17.2. The minimum absolute atomic E-state index is 0. The van der Waals surface area contributed by atoms with Gasteiger partial charge in [0.1, 0.15) is 25.2 Å². The van der Waals surface area contributed by atoms with Crippen LogP contribution >= 0.6 is 0 Å². The SMILES string of the molecule is CCCC/C=C/C(=O)NCC[N+](CCO)(C(C)C(=O)[O-])C(C)C(=O)O.CCCC/C=C/C(=O)NCC[N+](CCO)(C(C)C(=O)[O-])C(C)C(=O)O.[Ca+2]. The molecule has 0 radical (unpaired) electrons. The second-order valence-corrected chi connectivity index (χ2v) is 12.2. The van der Waals surface area contributed by atoms with Gasteiger partial charge >= 0.3 is 49.7 Å². The summed E-state index contributed by atoms with van der Waals surface area (Å²) in [6.07, 6.45) is 12.0. The summed E-state index contributed by atoms with van der Waals surface area (Å²) in [5.41, 5.74) is 0. The van der Waals surface area contributed by atoms with Crippen LogP contribution in [0.15, 0.2) is 24.3 Å². The van der Waals surface area contributed by atoms with E-state index in [1.807, 2.05) is 0 Å². The number of hydrogen-bond acceptors (Lipinski definition) is 10. The van der Waals surface area contributed by atoms with E-state index in [2.05, 4.69) is 24.5 Å². The van der Waals surface area contributed by atoms with Crippen molar-refractivity contribution < 1.29 is 68.4 Å². The Balaban J connectivity index is -0.000000886. The van der Waals surface area contributed by atoms with Gasteiger partial charge in [-0.15, -0.1) is 0 Å². The number of allylic oxidation sites excluding steroid dienone is 2. The van der Waals surface area contributed by atoms with E-state index in [1.165, 1.54) is 39.8 Å². The number of unbranched alkanes of at least 4 members (excludes halogenated alkanes) is 4.